The Balaban J connectivity index is 2.53. The molecule has 19 heavy (non-hydrogen) atoms. The van der Waals surface area contributed by atoms with E-state index in [1.54, 1.807) is 24.3 Å². The van der Waals surface area contributed by atoms with Crippen molar-refractivity contribution < 1.29 is 14.5 Å². The number of nitrogens with two attached hydrogens (primary N) is 1. The van der Waals surface area contributed by atoms with Crippen molar-refractivity contribution in [3.05, 3.63) is 46.3 Å². The summed E-state index contributed by atoms with van der Waals surface area (Å²) in [6.07, 6.45) is 1.13. The third kappa shape index (κ3) is 2.37. The molecule has 0 fully saturated rings. The largest absolute Gasteiger partial charge is 0.497 e. The van der Waals surface area contributed by atoms with Crippen LogP contribution in [0.2, 0.25) is 0 Å². The first-order valence-corrected chi connectivity index (χ1v) is 5.21. The molecular formula is C11H10N4O4. The van der Waals surface area contributed by atoms with Crippen molar-refractivity contribution in [2.45, 2.75) is 0 Å². The van der Waals surface area contributed by atoms with E-state index in [4.69, 9.17) is 10.5 Å². The van der Waals surface area contributed by atoms with Gasteiger partial charge >= 0.3 is 5.69 Å². The molecule has 8 nitrogen and oxygen atoms in total. The lowest BCUT2D eigenvalue weighted by Crippen LogP contribution is -2.14. The van der Waals surface area contributed by atoms with Gasteiger partial charge in [-0.2, -0.15) is 5.10 Å². The second-order valence-corrected chi connectivity index (χ2v) is 3.63. The molecule has 1 aromatic carbocycles. The Labute approximate surface area is 107 Å². The number of nitrogens with zero attached hydrogens (tertiary/aromatic N) is 3. The van der Waals surface area contributed by atoms with Crippen LogP contribution in [0.3, 0.4) is 0 Å². The molecule has 2 rings (SSSR count). The van der Waals surface area contributed by atoms with Gasteiger partial charge in [-0.15, -0.1) is 0 Å². The van der Waals surface area contributed by atoms with E-state index in [-0.39, 0.29) is 5.69 Å². The second-order valence-electron chi connectivity index (χ2n) is 3.63. The average molecular weight is 262 g/mol. The fraction of sp³-hybridized carbons (Fsp3) is 0.0909. The molecule has 0 saturated carbocycles. The van der Waals surface area contributed by atoms with Gasteiger partial charge in [-0.25, -0.2) is 4.68 Å². The SMILES string of the molecule is COc1cccc(-n2cc([N+](=O)[O-])c(C(N)=O)n2)c1. The number of aromatic nitrogens is 2. The third-order valence-electron chi connectivity index (χ3n) is 2.44. The predicted octanol–water partition coefficient (Wildman–Crippen LogP) is 0.888. The van der Waals surface area contributed by atoms with Crippen molar-refractivity contribution in [1.29, 1.82) is 0 Å². The van der Waals surface area contributed by atoms with Gasteiger partial charge in [-0.1, -0.05) is 6.07 Å². The Bertz CT molecular complexity index is 618. The number of nitro groups is 1. The first kappa shape index (κ1) is 12.6. The number of carbonyl (C=O) groups is 1. The van der Waals surface area contributed by atoms with Crippen molar-refractivity contribution in [3.63, 3.8) is 0 Å². The molecule has 1 heterocycles. The molecule has 0 bridgehead atoms. The highest BCUT2D eigenvalue weighted by atomic mass is 16.6. The first-order chi connectivity index (χ1) is 9.02. The Kier molecular flexibility index (Phi) is 3.15. The molecule has 1 aromatic heterocycles. The molecule has 0 aliphatic carbocycles. The van der Waals surface area contributed by atoms with Crippen LogP contribution >= 0.6 is 0 Å². The first-order valence-electron chi connectivity index (χ1n) is 5.21. The fourth-order valence-corrected chi connectivity index (χ4v) is 1.56. The molecule has 0 aliphatic rings. The summed E-state index contributed by atoms with van der Waals surface area (Å²) in [6.45, 7) is 0. The van der Waals surface area contributed by atoms with Gasteiger partial charge in [0.05, 0.1) is 17.7 Å². The highest BCUT2D eigenvalue weighted by molar-refractivity contribution is 5.94. The van der Waals surface area contributed by atoms with Crippen LogP contribution in [-0.4, -0.2) is 27.7 Å². The Hall–Kier alpha value is -2.90. The maximum absolute atomic E-state index is 11.1. The topological polar surface area (TPSA) is 113 Å². The molecule has 0 saturated heterocycles. The van der Waals surface area contributed by atoms with Crippen molar-refractivity contribution in [2.24, 2.45) is 5.73 Å². The van der Waals surface area contributed by atoms with Gasteiger partial charge in [0.2, 0.25) is 5.69 Å². The van der Waals surface area contributed by atoms with Crippen LogP contribution in [0, 0.1) is 10.1 Å². The molecule has 0 unspecified atom stereocenters. The fourth-order valence-electron chi connectivity index (χ4n) is 1.56. The molecule has 0 spiro atoms. The number of methoxy groups -OCH3 is 1. The van der Waals surface area contributed by atoms with Crippen molar-refractivity contribution in [2.75, 3.05) is 7.11 Å². The number of rotatable bonds is 4. The maximum atomic E-state index is 11.1. The van der Waals surface area contributed by atoms with Gasteiger partial charge in [-0.05, 0) is 12.1 Å². The Morgan fingerprint density at radius 1 is 1.53 bits per heavy atom. The van der Waals surface area contributed by atoms with Gasteiger partial charge in [-0.3, -0.25) is 14.9 Å². The number of hydrogen-bond donors (Lipinski definition) is 1. The van der Waals surface area contributed by atoms with Gasteiger partial charge in [0, 0.05) is 6.07 Å². The van der Waals surface area contributed by atoms with E-state index < -0.39 is 16.5 Å². The summed E-state index contributed by atoms with van der Waals surface area (Å²) >= 11 is 0. The molecule has 98 valence electrons. The van der Waals surface area contributed by atoms with E-state index in [0.717, 1.165) is 6.20 Å². The van der Waals surface area contributed by atoms with E-state index in [1.807, 2.05) is 0 Å². The highest BCUT2D eigenvalue weighted by Crippen LogP contribution is 2.21. The maximum Gasteiger partial charge on any atom is 0.320 e. The molecule has 2 aromatic rings. The van der Waals surface area contributed by atoms with E-state index in [2.05, 4.69) is 5.10 Å². The van der Waals surface area contributed by atoms with Crippen LogP contribution in [0.25, 0.3) is 5.69 Å². The van der Waals surface area contributed by atoms with Gasteiger partial charge in [0.1, 0.15) is 11.9 Å². The average Bonchev–Trinajstić information content (AvgIpc) is 2.84. The zero-order valence-corrected chi connectivity index (χ0v) is 9.94. The quantitative estimate of drug-likeness (QED) is 0.649. The lowest BCUT2D eigenvalue weighted by molar-refractivity contribution is -0.385. The summed E-state index contributed by atoms with van der Waals surface area (Å²) in [5, 5.41) is 14.6. The Morgan fingerprint density at radius 2 is 2.26 bits per heavy atom. The molecule has 8 heteroatoms. The van der Waals surface area contributed by atoms with Crippen LogP contribution < -0.4 is 10.5 Å². The summed E-state index contributed by atoms with van der Waals surface area (Å²) in [4.78, 5) is 21.2. The summed E-state index contributed by atoms with van der Waals surface area (Å²) in [6, 6.07) is 6.72. The Morgan fingerprint density at radius 3 is 2.79 bits per heavy atom. The molecule has 2 N–H and O–H groups in total. The number of carbonyl (C=O) groups excluding carboxylic acids is 1. The third-order valence-corrected chi connectivity index (χ3v) is 2.44. The van der Waals surface area contributed by atoms with Gasteiger partial charge in [0.15, 0.2) is 0 Å². The highest BCUT2D eigenvalue weighted by Gasteiger charge is 2.24. The van der Waals surface area contributed by atoms with Crippen molar-refractivity contribution in [3.8, 4) is 11.4 Å². The molecule has 0 atom stereocenters. The minimum atomic E-state index is -0.951. The minimum absolute atomic E-state index is 0.382. The number of hydrogen-bond acceptors (Lipinski definition) is 5. The van der Waals surface area contributed by atoms with Crippen LogP contribution in [0.5, 0.6) is 5.75 Å². The van der Waals surface area contributed by atoms with Crippen LogP contribution in [-0.2, 0) is 0 Å². The number of amides is 1. The second kappa shape index (κ2) is 4.77. The van der Waals surface area contributed by atoms with E-state index >= 15 is 0 Å². The number of primary amides is 1. The van der Waals surface area contributed by atoms with Crippen LogP contribution in [0.15, 0.2) is 30.5 Å². The molecular weight excluding hydrogens is 252 g/mol. The normalized spacial score (nSPS) is 10.2. The smallest absolute Gasteiger partial charge is 0.320 e. The standard InChI is InChI=1S/C11H10N4O4/c1-19-8-4-2-3-7(5-8)14-6-9(15(17)18)10(13-14)11(12)16/h2-6H,1H3,(H2,12,16). The molecule has 1 amide bonds. The van der Waals surface area contributed by atoms with Gasteiger partial charge in [0.25, 0.3) is 5.91 Å². The minimum Gasteiger partial charge on any atom is -0.497 e. The monoisotopic (exact) mass is 262 g/mol. The predicted molar refractivity (Wildman–Crippen MR) is 65.3 cm³/mol. The van der Waals surface area contributed by atoms with Crippen molar-refractivity contribution >= 4 is 11.6 Å². The summed E-state index contributed by atoms with van der Waals surface area (Å²) in [7, 11) is 1.50. The van der Waals surface area contributed by atoms with E-state index in [9.17, 15) is 14.9 Å². The zero-order chi connectivity index (χ0) is 14.0. The molecule has 0 radical (unpaired) electrons. The van der Waals surface area contributed by atoms with Crippen LogP contribution in [0.4, 0.5) is 5.69 Å². The van der Waals surface area contributed by atoms with Crippen molar-refractivity contribution in [1.82, 2.24) is 9.78 Å². The lowest BCUT2D eigenvalue weighted by Gasteiger charge is -2.03. The number of ether oxygens (including phenoxy) is 1. The van der Waals surface area contributed by atoms with Gasteiger partial charge < -0.3 is 10.5 Å². The summed E-state index contributed by atoms with van der Waals surface area (Å²) in [5.74, 6) is -0.385. The van der Waals surface area contributed by atoms with E-state index in [0.29, 0.717) is 11.4 Å². The zero-order valence-electron chi connectivity index (χ0n) is 9.94. The summed E-state index contributed by atoms with van der Waals surface area (Å²) in [5.41, 5.74) is 4.76. The number of benzene rings is 1. The van der Waals surface area contributed by atoms with Crippen LogP contribution in [0.1, 0.15) is 10.5 Å². The summed E-state index contributed by atoms with van der Waals surface area (Å²) < 4.78 is 6.25. The van der Waals surface area contributed by atoms with E-state index in [1.165, 1.54) is 11.8 Å². The molecule has 0 aliphatic heterocycles. The lowest BCUT2D eigenvalue weighted by atomic mass is 10.3.